The van der Waals surface area contributed by atoms with Crippen molar-refractivity contribution in [1.82, 2.24) is 10.2 Å². The third-order valence-electron chi connectivity index (χ3n) is 3.82. The number of amides is 2. The second-order valence-corrected chi connectivity index (χ2v) is 6.25. The lowest BCUT2D eigenvalue weighted by atomic mass is 9.94. The highest BCUT2D eigenvalue weighted by Gasteiger charge is 2.18. The first-order valence-electron chi connectivity index (χ1n) is 7.49. The molecule has 1 heterocycles. The molecule has 1 aromatic rings. The molecule has 5 nitrogen and oxygen atoms in total. The van der Waals surface area contributed by atoms with E-state index in [1.807, 2.05) is 0 Å². The van der Waals surface area contributed by atoms with Crippen LogP contribution in [-0.4, -0.2) is 43.9 Å². The highest BCUT2D eigenvalue weighted by molar-refractivity contribution is 6.34. The topological polar surface area (TPSA) is 61.4 Å². The van der Waals surface area contributed by atoms with Crippen LogP contribution in [0, 0.1) is 5.92 Å². The summed E-state index contributed by atoms with van der Waals surface area (Å²) >= 11 is 6.06. The molecule has 0 bridgehead atoms. The third kappa shape index (κ3) is 5.68. The predicted molar refractivity (Wildman–Crippen MR) is 95.6 cm³/mol. The number of nitrogens with one attached hydrogen (secondary N) is 2. The second-order valence-electron chi connectivity index (χ2n) is 5.84. The van der Waals surface area contributed by atoms with Crippen molar-refractivity contribution >= 4 is 41.5 Å². The van der Waals surface area contributed by atoms with Gasteiger partial charge in [0.2, 0.25) is 5.91 Å². The van der Waals surface area contributed by atoms with Crippen molar-refractivity contribution in [2.24, 2.45) is 5.92 Å². The van der Waals surface area contributed by atoms with Crippen molar-refractivity contribution in [1.29, 1.82) is 0 Å². The molecule has 0 spiro atoms. The van der Waals surface area contributed by atoms with Gasteiger partial charge in [0.05, 0.1) is 10.6 Å². The summed E-state index contributed by atoms with van der Waals surface area (Å²) < 4.78 is 0. The Hall–Kier alpha value is -1.30. The summed E-state index contributed by atoms with van der Waals surface area (Å²) in [5.74, 6) is 0.230. The molecule has 0 atom stereocenters. The van der Waals surface area contributed by atoms with Crippen LogP contribution in [-0.2, 0) is 4.79 Å². The molecule has 0 aliphatic carbocycles. The van der Waals surface area contributed by atoms with E-state index < -0.39 is 0 Å². The Labute approximate surface area is 148 Å². The zero-order chi connectivity index (χ0) is 16.1. The summed E-state index contributed by atoms with van der Waals surface area (Å²) in [6.45, 7) is 1.95. The van der Waals surface area contributed by atoms with Gasteiger partial charge in [0, 0.05) is 26.2 Å². The highest BCUT2D eigenvalue weighted by atomic mass is 35.5. The van der Waals surface area contributed by atoms with Crippen molar-refractivity contribution in [2.75, 3.05) is 32.5 Å². The minimum Gasteiger partial charge on any atom is -0.345 e. The lowest BCUT2D eigenvalue weighted by Gasteiger charge is -2.22. The zero-order valence-electron chi connectivity index (χ0n) is 13.4. The quantitative estimate of drug-likeness (QED) is 0.868. The van der Waals surface area contributed by atoms with Crippen LogP contribution in [0.3, 0.4) is 0 Å². The first-order chi connectivity index (χ1) is 10.5. The number of anilines is 1. The van der Waals surface area contributed by atoms with Crippen molar-refractivity contribution in [3.05, 3.63) is 28.8 Å². The van der Waals surface area contributed by atoms with Crippen LogP contribution in [0.2, 0.25) is 5.02 Å². The molecule has 1 saturated heterocycles. The number of rotatable bonds is 4. The Bertz CT molecular complexity index is 558. The molecule has 128 valence electrons. The average Bonchev–Trinajstić information content (AvgIpc) is 2.49. The van der Waals surface area contributed by atoms with Gasteiger partial charge in [-0.05, 0) is 50.0 Å². The smallest absolute Gasteiger partial charge is 0.254 e. The normalized spacial score (nSPS) is 14.7. The maximum absolute atomic E-state index is 12.1. The van der Waals surface area contributed by atoms with Crippen LogP contribution >= 0.6 is 24.0 Å². The predicted octanol–water partition coefficient (Wildman–Crippen LogP) is 2.79. The van der Waals surface area contributed by atoms with E-state index >= 15 is 0 Å². The number of carbonyl (C=O) groups is 2. The number of hydrogen-bond donors (Lipinski definition) is 2. The van der Waals surface area contributed by atoms with Gasteiger partial charge in [-0.2, -0.15) is 0 Å². The molecule has 7 heteroatoms. The number of carbonyl (C=O) groups excluding carboxylic acids is 2. The summed E-state index contributed by atoms with van der Waals surface area (Å²) in [7, 11) is 3.34. The van der Waals surface area contributed by atoms with E-state index in [1.54, 1.807) is 32.3 Å². The Kier molecular flexibility index (Phi) is 7.82. The van der Waals surface area contributed by atoms with Gasteiger partial charge in [0.1, 0.15) is 0 Å². The van der Waals surface area contributed by atoms with Gasteiger partial charge in [-0.25, -0.2) is 0 Å². The summed E-state index contributed by atoms with van der Waals surface area (Å²) in [4.78, 5) is 25.6. The van der Waals surface area contributed by atoms with Crippen LogP contribution in [0.5, 0.6) is 0 Å². The minimum absolute atomic E-state index is 0. The van der Waals surface area contributed by atoms with Gasteiger partial charge < -0.3 is 15.5 Å². The number of hydrogen-bond acceptors (Lipinski definition) is 3. The van der Waals surface area contributed by atoms with Gasteiger partial charge in [0.25, 0.3) is 5.91 Å². The highest BCUT2D eigenvalue weighted by Crippen LogP contribution is 2.23. The molecule has 0 aromatic heterocycles. The van der Waals surface area contributed by atoms with Gasteiger partial charge in [-0.15, -0.1) is 12.4 Å². The number of nitrogens with zero attached hydrogens (tertiary/aromatic N) is 1. The van der Waals surface area contributed by atoms with Crippen LogP contribution < -0.4 is 10.6 Å². The molecule has 1 aliphatic heterocycles. The molecular weight excluding hydrogens is 337 g/mol. The number of piperidine rings is 1. The standard InChI is InChI=1S/C16H22ClN3O2.ClH/c1-20(2)16(22)13-10-12(3-4-14(13)17)19-15(21)9-11-5-7-18-8-6-11;/h3-4,10-11,18H,5-9H2,1-2H3,(H,19,21);1H. The molecule has 2 amide bonds. The van der Waals surface area contributed by atoms with E-state index in [4.69, 9.17) is 11.6 Å². The zero-order valence-corrected chi connectivity index (χ0v) is 15.0. The Morgan fingerprint density at radius 3 is 2.57 bits per heavy atom. The maximum Gasteiger partial charge on any atom is 0.254 e. The van der Waals surface area contributed by atoms with Crippen LogP contribution in [0.4, 0.5) is 5.69 Å². The summed E-state index contributed by atoms with van der Waals surface area (Å²) in [6, 6.07) is 4.98. The summed E-state index contributed by atoms with van der Waals surface area (Å²) in [5, 5.41) is 6.53. The third-order valence-corrected chi connectivity index (χ3v) is 4.15. The van der Waals surface area contributed by atoms with E-state index in [0.29, 0.717) is 28.6 Å². The molecule has 2 rings (SSSR count). The van der Waals surface area contributed by atoms with Gasteiger partial charge in [-0.1, -0.05) is 11.6 Å². The van der Waals surface area contributed by atoms with Crippen molar-refractivity contribution in [2.45, 2.75) is 19.3 Å². The van der Waals surface area contributed by atoms with E-state index in [1.165, 1.54) is 4.90 Å². The van der Waals surface area contributed by atoms with Gasteiger partial charge >= 0.3 is 0 Å². The number of benzene rings is 1. The van der Waals surface area contributed by atoms with E-state index in [0.717, 1.165) is 25.9 Å². The Balaban J connectivity index is 0.00000264. The molecule has 23 heavy (non-hydrogen) atoms. The first kappa shape index (κ1) is 19.7. The Morgan fingerprint density at radius 1 is 1.30 bits per heavy atom. The van der Waals surface area contributed by atoms with Gasteiger partial charge in [-0.3, -0.25) is 9.59 Å². The van der Waals surface area contributed by atoms with Crippen molar-refractivity contribution < 1.29 is 9.59 Å². The summed E-state index contributed by atoms with van der Waals surface area (Å²) in [6.07, 6.45) is 2.57. The minimum atomic E-state index is -0.181. The number of halogens is 2. The maximum atomic E-state index is 12.1. The monoisotopic (exact) mass is 359 g/mol. The van der Waals surface area contributed by atoms with E-state index in [-0.39, 0.29) is 24.2 Å². The molecular formula is C16H23Cl2N3O2. The lowest BCUT2D eigenvalue weighted by Crippen LogP contribution is -2.30. The fourth-order valence-electron chi connectivity index (χ4n) is 2.57. The average molecular weight is 360 g/mol. The summed E-state index contributed by atoms with van der Waals surface area (Å²) in [5.41, 5.74) is 1.000. The van der Waals surface area contributed by atoms with Crippen LogP contribution in [0.1, 0.15) is 29.6 Å². The van der Waals surface area contributed by atoms with Crippen LogP contribution in [0.25, 0.3) is 0 Å². The van der Waals surface area contributed by atoms with Crippen molar-refractivity contribution in [3.63, 3.8) is 0 Å². The van der Waals surface area contributed by atoms with Crippen molar-refractivity contribution in [3.8, 4) is 0 Å². The Morgan fingerprint density at radius 2 is 1.96 bits per heavy atom. The van der Waals surface area contributed by atoms with E-state index in [2.05, 4.69) is 10.6 Å². The molecule has 0 radical (unpaired) electrons. The fraction of sp³-hybridized carbons (Fsp3) is 0.500. The molecule has 0 unspecified atom stereocenters. The molecule has 1 aromatic carbocycles. The molecule has 0 saturated carbocycles. The largest absolute Gasteiger partial charge is 0.345 e. The SMILES string of the molecule is CN(C)C(=O)c1cc(NC(=O)CC2CCNCC2)ccc1Cl.Cl. The van der Waals surface area contributed by atoms with E-state index in [9.17, 15) is 9.59 Å². The van der Waals surface area contributed by atoms with Crippen LogP contribution in [0.15, 0.2) is 18.2 Å². The first-order valence-corrected chi connectivity index (χ1v) is 7.87. The molecule has 1 fully saturated rings. The molecule has 2 N–H and O–H groups in total. The van der Waals surface area contributed by atoms with Gasteiger partial charge in [0.15, 0.2) is 0 Å². The molecule has 1 aliphatic rings. The second kappa shape index (κ2) is 9.11. The fourth-order valence-corrected chi connectivity index (χ4v) is 2.77. The lowest BCUT2D eigenvalue weighted by molar-refractivity contribution is -0.117.